The van der Waals surface area contributed by atoms with Crippen molar-refractivity contribution in [3.05, 3.63) is 71.3 Å². The van der Waals surface area contributed by atoms with Gasteiger partial charge in [0.1, 0.15) is 23.3 Å². The quantitative estimate of drug-likeness (QED) is 0.389. The molecule has 7 atom stereocenters. The van der Waals surface area contributed by atoms with Crippen molar-refractivity contribution >= 4 is 5.97 Å². The van der Waals surface area contributed by atoms with Crippen LogP contribution in [0.15, 0.2) is 48.5 Å². The molecule has 3 aliphatic heterocycles. The molecule has 0 aromatic heterocycles. The van der Waals surface area contributed by atoms with Gasteiger partial charge in [0.2, 0.25) is 0 Å². The fourth-order valence-electron chi connectivity index (χ4n) is 8.83. The van der Waals surface area contributed by atoms with E-state index in [0.717, 1.165) is 50.1 Å². The topological polar surface area (TPSA) is 45.3 Å². The maximum absolute atomic E-state index is 13.7. The first-order valence-corrected chi connectivity index (χ1v) is 14.6. The molecule has 3 saturated heterocycles. The van der Waals surface area contributed by atoms with Crippen molar-refractivity contribution in [1.82, 2.24) is 9.80 Å². The van der Waals surface area contributed by atoms with E-state index < -0.39 is 0 Å². The molecule has 208 valence electrons. The number of carbonyl (C=O) groups is 1. The Morgan fingerprint density at radius 2 is 1.59 bits per heavy atom. The van der Waals surface area contributed by atoms with Crippen LogP contribution in [0.2, 0.25) is 0 Å². The Balaban J connectivity index is 1.06. The molecule has 2 aliphatic carbocycles. The highest BCUT2D eigenvalue weighted by Crippen LogP contribution is 2.70. The number of ether oxygens (including phenoxy) is 2. The van der Waals surface area contributed by atoms with Crippen LogP contribution in [0.3, 0.4) is 0 Å². The fraction of sp³-hybridized carbons (Fsp3) is 0.594. The van der Waals surface area contributed by atoms with Crippen LogP contribution >= 0.6 is 0 Å². The molecule has 2 aromatic carbocycles. The molecular formula is C32H38F2N2O3. The molecular weight excluding hydrogens is 498 g/mol. The molecule has 3 heterocycles. The zero-order valence-electron chi connectivity index (χ0n) is 22.8. The highest BCUT2D eigenvalue weighted by molar-refractivity contribution is 5.76. The van der Waals surface area contributed by atoms with Crippen LogP contribution in [0.5, 0.6) is 0 Å². The molecule has 0 bridgehead atoms. The number of epoxide rings is 1. The standard InChI is InChI=1S/C32H38F2N2O3/c1-20-4-3-13-31(2)18-26-27(29-32(20,31)39-29)25(30(37)38-26)19-35-14-16-36(17-15-35)28(21-5-9-23(33)10-6-21)22-7-11-24(34)12-8-22/h5-12,20,25-29H,3-4,13-19H2,1-2H3/t20-,25+,26+,27+,29-,31+,32-/m0/s1. The largest absolute Gasteiger partial charge is 0.462 e. The zero-order chi connectivity index (χ0) is 26.9. The van der Waals surface area contributed by atoms with Crippen molar-refractivity contribution in [2.24, 2.45) is 23.2 Å². The molecule has 0 unspecified atom stereocenters. The number of hydrogen-bond acceptors (Lipinski definition) is 5. The van der Waals surface area contributed by atoms with Crippen LogP contribution in [0.1, 0.15) is 56.7 Å². The third-order valence-electron chi connectivity index (χ3n) is 10.8. The van der Waals surface area contributed by atoms with E-state index in [1.54, 1.807) is 0 Å². The van der Waals surface area contributed by atoms with Gasteiger partial charge in [-0.25, -0.2) is 8.78 Å². The lowest BCUT2D eigenvalue weighted by Gasteiger charge is -2.49. The number of fused-ring (bicyclic) bond motifs is 2. The maximum atomic E-state index is 13.7. The number of nitrogens with zero attached hydrogens (tertiary/aromatic N) is 2. The summed E-state index contributed by atoms with van der Waals surface area (Å²) in [4.78, 5) is 18.0. The molecule has 7 heteroatoms. The highest BCUT2D eigenvalue weighted by Gasteiger charge is 2.78. The van der Waals surface area contributed by atoms with E-state index in [1.807, 2.05) is 24.3 Å². The van der Waals surface area contributed by atoms with E-state index in [0.29, 0.717) is 12.5 Å². The summed E-state index contributed by atoms with van der Waals surface area (Å²) in [5.74, 6) is -0.0594. The van der Waals surface area contributed by atoms with Gasteiger partial charge in [-0.15, -0.1) is 0 Å². The first-order chi connectivity index (χ1) is 18.8. The lowest BCUT2D eigenvalue weighted by molar-refractivity contribution is -0.146. The van der Waals surface area contributed by atoms with Gasteiger partial charge in [-0.1, -0.05) is 44.5 Å². The minimum atomic E-state index is -0.268. The van der Waals surface area contributed by atoms with E-state index in [1.165, 1.54) is 37.1 Å². The van der Waals surface area contributed by atoms with Gasteiger partial charge in [0, 0.05) is 44.1 Å². The molecule has 2 aromatic rings. The number of hydrogen-bond donors (Lipinski definition) is 0. The first-order valence-electron chi connectivity index (χ1n) is 14.6. The van der Waals surface area contributed by atoms with E-state index in [-0.39, 0.29) is 58.7 Å². The molecule has 1 spiro atoms. The van der Waals surface area contributed by atoms with Crippen molar-refractivity contribution in [3.63, 3.8) is 0 Å². The molecule has 0 radical (unpaired) electrons. The van der Waals surface area contributed by atoms with Crippen molar-refractivity contribution in [3.8, 4) is 0 Å². The van der Waals surface area contributed by atoms with Gasteiger partial charge < -0.3 is 9.47 Å². The molecule has 0 N–H and O–H groups in total. The summed E-state index contributed by atoms with van der Waals surface area (Å²) in [5.41, 5.74) is 2.01. The number of halogens is 2. The van der Waals surface area contributed by atoms with Gasteiger partial charge in [-0.3, -0.25) is 14.6 Å². The summed E-state index contributed by atoms with van der Waals surface area (Å²) < 4.78 is 40.0. The Kier molecular flexibility index (Phi) is 6.14. The van der Waals surface area contributed by atoms with Gasteiger partial charge in [0.05, 0.1) is 18.1 Å². The number of carbonyl (C=O) groups excluding carboxylic acids is 1. The molecule has 5 fully saturated rings. The number of piperazine rings is 1. The van der Waals surface area contributed by atoms with Crippen LogP contribution in [0.4, 0.5) is 8.78 Å². The third-order valence-corrected chi connectivity index (χ3v) is 10.8. The smallest absolute Gasteiger partial charge is 0.311 e. The van der Waals surface area contributed by atoms with Crippen LogP contribution in [0.25, 0.3) is 0 Å². The highest BCUT2D eigenvalue weighted by atomic mass is 19.1. The Morgan fingerprint density at radius 3 is 2.21 bits per heavy atom. The van der Waals surface area contributed by atoms with Crippen LogP contribution in [-0.4, -0.2) is 66.3 Å². The monoisotopic (exact) mass is 536 g/mol. The van der Waals surface area contributed by atoms with Gasteiger partial charge in [0.15, 0.2) is 0 Å². The van der Waals surface area contributed by atoms with E-state index in [2.05, 4.69) is 23.6 Å². The van der Waals surface area contributed by atoms with Gasteiger partial charge in [0.25, 0.3) is 0 Å². The fourth-order valence-corrected chi connectivity index (χ4v) is 8.83. The number of esters is 1. The van der Waals surface area contributed by atoms with Crippen LogP contribution < -0.4 is 0 Å². The van der Waals surface area contributed by atoms with Gasteiger partial charge in [-0.2, -0.15) is 0 Å². The van der Waals surface area contributed by atoms with Gasteiger partial charge in [-0.05, 0) is 60.6 Å². The van der Waals surface area contributed by atoms with Gasteiger partial charge >= 0.3 is 5.97 Å². The summed E-state index contributed by atoms with van der Waals surface area (Å²) in [6.45, 7) is 8.64. The molecule has 5 nitrogen and oxygen atoms in total. The van der Waals surface area contributed by atoms with Crippen molar-refractivity contribution in [2.45, 2.75) is 63.4 Å². The van der Waals surface area contributed by atoms with Crippen molar-refractivity contribution in [2.75, 3.05) is 32.7 Å². The minimum Gasteiger partial charge on any atom is -0.462 e. The predicted molar refractivity (Wildman–Crippen MR) is 143 cm³/mol. The van der Waals surface area contributed by atoms with Crippen molar-refractivity contribution in [1.29, 1.82) is 0 Å². The third kappa shape index (κ3) is 4.07. The van der Waals surface area contributed by atoms with Crippen LogP contribution in [0, 0.1) is 34.8 Å². The maximum Gasteiger partial charge on any atom is 0.311 e. The minimum absolute atomic E-state index is 0.0268. The Bertz CT molecular complexity index is 1190. The van der Waals surface area contributed by atoms with E-state index >= 15 is 0 Å². The summed E-state index contributed by atoms with van der Waals surface area (Å²) in [5, 5.41) is 0. The summed E-state index contributed by atoms with van der Waals surface area (Å²) in [6, 6.07) is 13.1. The molecule has 7 rings (SSSR count). The summed E-state index contributed by atoms with van der Waals surface area (Å²) >= 11 is 0. The average molecular weight is 537 g/mol. The number of rotatable bonds is 5. The lowest BCUT2D eigenvalue weighted by Crippen LogP contribution is -2.55. The van der Waals surface area contributed by atoms with Crippen LogP contribution in [-0.2, 0) is 14.3 Å². The lowest BCUT2D eigenvalue weighted by atomic mass is 9.53. The Hall–Kier alpha value is -2.35. The zero-order valence-corrected chi connectivity index (χ0v) is 22.8. The molecule has 2 saturated carbocycles. The SMILES string of the molecule is C[C@H]1CCC[C@]2(C)C[C@H]3OC(=O)[C@H](CN4CCN(C(c5ccc(F)cc5)c5ccc(F)cc5)CC4)[C@H]3[C@@H]3O[C@@]132. The van der Waals surface area contributed by atoms with Crippen molar-refractivity contribution < 1.29 is 23.0 Å². The Morgan fingerprint density at radius 1 is 0.974 bits per heavy atom. The van der Waals surface area contributed by atoms with E-state index in [4.69, 9.17) is 9.47 Å². The second-order valence-electron chi connectivity index (χ2n) is 12.9. The molecule has 39 heavy (non-hydrogen) atoms. The van der Waals surface area contributed by atoms with E-state index in [9.17, 15) is 13.6 Å². The molecule has 5 aliphatic rings. The second kappa shape index (κ2) is 9.35. The first kappa shape index (κ1) is 25.6. The summed E-state index contributed by atoms with van der Waals surface area (Å²) in [7, 11) is 0. The number of benzene rings is 2. The second-order valence-corrected chi connectivity index (χ2v) is 12.9. The Labute approximate surface area is 229 Å². The summed E-state index contributed by atoms with van der Waals surface area (Å²) in [6.07, 6.45) is 4.62. The molecule has 0 amide bonds. The predicted octanol–water partition coefficient (Wildman–Crippen LogP) is 5.20. The average Bonchev–Trinajstić information content (AvgIpc) is 3.61. The normalized spacial score (nSPS) is 38.2.